The van der Waals surface area contributed by atoms with Gasteiger partial charge in [0, 0.05) is 50.6 Å². The van der Waals surface area contributed by atoms with Crippen LogP contribution in [-0.4, -0.2) is 67.8 Å². The summed E-state index contributed by atoms with van der Waals surface area (Å²) in [4.78, 5) is 42.8. The van der Waals surface area contributed by atoms with E-state index in [1.165, 1.54) is 16.2 Å². The van der Waals surface area contributed by atoms with E-state index in [9.17, 15) is 14.4 Å². The summed E-state index contributed by atoms with van der Waals surface area (Å²) in [5.74, 6) is -4.82. The van der Waals surface area contributed by atoms with Gasteiger partial charge in [-0.05, 0) is 47.9 Å². The largest absolute Gasteiger partial charge is 0.421 e. The monoisotopic (exact) mass is 487 g/mol. The molecule has 0 unspecified atom stereocenters. The van der Waals surface area contributed by atoms with E-state index in [1.54, 1.807) is 6.08 Å². The maximum absolute atomic E-state index is 13.1. The van der Waals surface area contributed by atoms with Gasteiger partial charge in [0.2, 0.25) is 0 Å². The van der Waals surface area contributed by atoms with Gasteiger partial charge in [-0.3, -0.25) is 9.69 Å². The molecule has 3 heterocycles. The lowest BCUT2D eigenvalue weighted by atomic mass is 9.94. The van der Waals surface area contributed by atoms with Crippen molar-refractivity contribution in [3.8, 4) is 0 Å². The topological polar surface area (TPSA) is 79.4 Å². The Morgan fingerprint density at radius 1 is 0.972 bits per heavy atom. The van der Waals surface area contributed by atoms with Crippen molar-refractivity contribution in [1.29, 1.82) is 0 Å². The number of ether oxygens (including phenoxy) is 2. The third-order valence-electron chi connectivity index (χ3n) is 6.79. The van der Waals surface area contributed by atoms with E-state index >= 15 is 0 Å². The summed E-state index contributed by atoms with van der Waals surface area (Å²) in [6.07, 6.45) is 5.73. The Kier molecular flexibility index (Phi) is 6.36. The number of carbonyl (C=O) groups excluding carboxylic acids is 3. The number of amides is 1. The highest BCUT2D eigenvalue weighted by Crippen LogP contribution is 2.38. The molecule has 36 heavy (non-hydrogen) atoms. The van der Waals surface area contributed by atoms with Crippen molar-refractivity contribution in [2.24, 2.45) is 0 Å². The van der Waals surface area contributed by atoms with Gasteiger partial charge in [-0.2, -0.15) is 0 Å². The molecule has 5 rings (SSSR count). The molecule has 2 aromatic carbocycles. The van der Waals surface area contributed by atoms with Gasteiger partial charge in [0.25, 0.3) is 0 Å². The average molecular weight is 488 g/mol. The quantitative estimate of drug-likeness (QED) is 0.352. The van der Waals surface area contributed by atoms with Gasteiger partial charge in [0.05, 0.1) is 6.42 Å². The van der Waals surface area contributed by atoms with Crippen LogP contribution in [0.5, 0.6) is 0 Å². The van der Waals surface area contributed by atoms with Gasteiger partial charge < -0.3 is 19.3 Å². The van der Waals surface area contributed by atoms with Crippen LogP contribution in [0.2, 0.25) is 0 Å². The van der Waals surface area contributed by atoms with E-state index in [0.717, 1.165) is 43.9 Å². The second-order valence-electron chi connectivity index (χ2n) is 9.33. The van der Waals surface area contributed by atoms with E-state index in [1.807, 2.05) is 24.3 Å². The fourth-order valence-corrected chi connectivity index (χ4v) is 4.98. The van der Waals surface area contributed by atoms with Crippen LogP contribution in [0.4, 0.5) is 11.4 Å². The van der Waals surface area contributed by atoms with Crippen molar-refractivity contribution < 1.29 is 23.9 Å². The average Bonchev–Trinajstić information content (AvgIpc) is 3.16. The molecule has 8 nitrogen and oxygen atoms in total. The van der Waals surface area contributed by atoms with Crippen molar-refractivity contribution in [2.75, 3.05) is 49.1 Å². The number of carbonyl (C=O) groups is 3. The number of hydrogen-bond donors (Lipinski definition) is 0. The lowest BCUT2D eigenvalue weighted by molar-refractivity contribution is -0.188. The first-order chi connectivity index (χ1) is 17.4. The predicted octanol–water partition coefficient (Wildman–Crippen LogP) is 2.70. The molecule has 2 fully saturated rings. The normalized spacial score (nSPS) is 19.5. The minimum Gasteiger partial charge on any atom is -0.404 e. The summed E-state index contributed by atoms with van der Waals surface area (Å²) >= 11 is 0. The molecule has 0 aromatic heterocycles. The molecule has 1 spiro atoms. The van der Waals surface area contributed by atoms with Crippen LogP contribution >= 0.6 is 0 Å². The van der Waals surface area contributed by atoms with Crippen LogP contribution in [0.3, 0.4) is 0 Å². The van der Waals surface area contributed by atoms with E-state index in [-0.39, 0.29) is 13.0 Å². The Labute approximate surface area is 210 Å². The molecule has 1 amide bonds. The molecule has 0 saturated carbocycles. The van der Waals surface area contributed by atoms with Crippen LogP contribution in [0.1, 0.15) is 16.7 Å². The molecular weight excluding hydrogens is 458 g/mol. The third-order valence-corrected chi connectivity index (χ3v) is 6.79. The summed E-state index contributed by atoms with van der Waals surface area (Å²) in [6, 6.07) is 14.4. The number of esters is 2. The molecule has 0 aliphatic carbocycles. The Morgan fingerprint density at radius 3 is 2.42 bits per heavy atom. The second-order valence-corrected chi connectivity index (χ2v) is 9.33. The molecule has 186 valence electrons. The minimum atomic E-state index is -1.94. The number of piperazine rings is 1. The number of anilines is 2. The Morgan fingerprint density at radius 2 is 1.72 bits per heavy atom. The number of aryl methyl sites for hydroxylation is 1. The summed E-state index contributed by atoms with van der Waals surface area (Å²) in [6.45, 7) is 10.8. The zero-order valence-corrected chi connectivity index (χ0v) is 20.3. The number of hydrogen-bond acceptors (Lipinski definition) is 7. The third kappa shape index (κ3) is 4.52. The van der Waals surface area contributed by atoms with Gasteiger partial charge in [-0.25, -0.2) is 9.59 Å². The molecule has 3 aliphatic rings. The number of nitrogens with zero attached hydrogens (tertiary/aromatic N) is 3. The molecule has 0 bridgehead atoms. The molecule has 0 atom stereocenters. The summed E-state index contributed by atoms with van der Waals surface area (Å²) in [7, 11) is 0. The second kappa shape index (κ2) is 9.62. The highest BCUT2D eigenvalue weighted by Gasteiger charge is 2.58. The van der Waals surface area contributed by atoms with Crippen LogP contribution in [-0.2, 0) is 30.3 Å². The molecule has 0 radical (unpaired) electrons. The summed E-state index contributed by atoms with van der Waals surface area (Å²) in [5, 5.41) is 0. The van der Waals surface area contributed by atoms with Crippen LogP contribution in [0, 0.1) is 6.92 Å². The molecule has 2 aromatic rings. The summed E-state index contributed by atoms with van der Waals surface area (Å²) in [5.41, 5.74) is 4.95. The molecule has 3 aliphatic heterocycles. The standard InChI is InChI=1S/C28H29N3O5/c1-3-11-31-24-10-9-21(18-22(24)19-28(27(31)34)35-25(32)26(33)36-28)7-5-12-29-13-15-30(16-14-29)23-8-4-6-20(2)17-23/h3-10,17-18H,1,11-16,19H2,2H3/b7-5+. The van der Waals surface area contributed by atoms with Crippen LogP contribution in [0.15, 0.2) is 61.2 Å². The molecular formula is C28H29N3O5. The fraction of sp³-hybridized carbons (Fsp3) is 0.321. The number of rotatable bonds is 6. The predicted molar refractivity (Wildman–Crippen MR) is 136 cm³/mol. The van der Waals surface area contributed by atoms with Gasteiger partial charge >= 0.3 is 23.6 Å². The highest BCUT2D eigenvalue weighted by molar-refractivity contribution is 6.32. The lowest BCUT2D eigenvalue weighted by Crippen LogP contribution is -2.55. The Balaban J connectivity index is 1.25. The number of benzene rings is 2. The maximum atomic E-state index is 13.1. The number of fused-ring (bicyclic) bond motifs is 1. The van der Waals surface area contributed by atoms with Gasteiger partial charge in [0.15, 0.2) is 0 Å². The first-order valence-electron chi connectivity index (χ1n) is 12.1. The van der Waals surface area contributed by atoms with Gasteiger partial charge in [-0.15, -0.1) is 6.58 Å². The summed E-state index contributed by atoms with van der Waals surface area (Å²) < 4.78 is 10.3. The van der Waals surface area contributed by atoms with Crippen molar-refractivity contribution in [2.45, 2.75) is 19.1 Å². The Hall–Kier alpha value is -3.91. The molecule has 8 heteroatoms. The molecule has 2 saturated heterocycles. The molecule has 0 N–H and O–H groups in total. The van der Waals surface area contributed by atoms with E-state index in [0.29, 0.717) is 5.69 Å². The zero-order valence-electron chi connectivity index (χ0n) is 20.3. The first-order valence-corrected chi connectivity index (χ1v) is 12.1. The first kappa shape index (κ1) is 23.8. The van der Waals surface area contributed by atoms with E-state index < -0.39 is 23.6 Å². The van der Waals surface area contributed by atoms with Crippen LogP contribution in [0.25, 0.3) is 6.08 Å². The zero-order chi connectivity index (χ0) is 25.3. The SMILES string of the molecule is C=CCN1C(=O)C2(Cc3cc(/C=C/CN4CCN(c5cccc(C)c5)CC4)ccc31)OC(=O)C(=O)O2. The Bertz CT molecular complexity index is 1230. The van der Waals surface area contributed by atoms with E-state index in [2.05, 4.69) is 53.6 Å². The van der Waals surface area contributed by atoms with Crippen molar-refractivity contribution in [3.63, 3.8) is 0 Å². The van der Waals surface area contributed by atoms with Gasteiger partial charge in [-0.1, -0.05) is 36.4 Å². The van der Waals surface area contributed by atoms with E-state index in [4.69, 9.17) is 9.47 Å². The minimum absolute atomic E-state index is 0.0190. The highest BCUT2D eigenvalue weighted by atomic mass is 16.8. The van der Waals surface area contributed by atoms with Gasteiger partial charge in [0.1, 0.15) is 0 Å². The fourth-order valence-electron chi connectivity index (χ4n) is 4.98. The van der Waals surface area contributed by atoms with Crippen molar-refractivity contribution >= 4 is 35.3 Å². The van der Waals surface area contributed by atoms with Crippen molar-refractivity contribution in [1.82, 2.24) is 4.90 Å². The smallest absolute Gasteiger partial charge is 0.404 e. The maximum Gasteiger partial charge on any atom is 0.421 e. The van der Waals surface area contributed by atoms with Crippen LogP contribution < -0.4 is 9.80 Å². The van der Waals surface area contributed by atoms with Crippen molar-refractivity contribution in [3.05, 3.63) is 77.9 Å². The lowest BCUT2D eigenvalue weighted by Gasteiger charge is -2.37.